The normalized spacial score (nSPS) is 11.3. The molecule has 0 unspecified atom stereocenters. The van der Waals surface area contributed by atoms with Crippen LogP contribution in [0.2, 0.25) is 0 Å². The van der Waals surface area contributed by atoms with E-state index in [-0.39, 0.29) is 0 Å². The van der Waals surface area contributed by atoms with E-state index in [1.54, 1.807) is 32.0 Å². The van der Waals surface area contributed by atoms with Crippen LogP contribution in [-0.2, 0) is 20.8 Å². The number of nitrogen functional groups attached to an aromatic ring is 1. The van der Waals surface area contributed by atoms with Gasteiger partial charge in [0.05, 0.1) is 0 Å². The molecule has 7 heteroatoms. The van der Waals surface area contributed by atoms with Gasteiger partial charge in [0.25, 0.3) is 0 Å². The molecular formula is C16H22N2O5. The van der Waals surface area contributed by atoms with Gasteiger partial charge in [-0.3, -0.25) is 4.79 Å². The van der Waals surface area contributed by atoms with Crippen LogP contribution in [0.4, 0.5) is 5.69 Å². The average molecular weight is 322 g/mol. The van der Waals surface area contributed by atoms with Crippen molar-refractivity contribution in [2.24, 2.45) is 5.92 Å². The SMILES string of the molecule is CCC(CC)C(=O)NC(Cc1cccc(N)c1)(C(=O)O)C(=O)O. The van der Waals surface area contributed by atoms with Crippen molar-refractivity contribution in [2.45, 2.75) is 38.6 Å². The maximum Gasteiger partial charge on any atom is 0.341 e. The van der Waals surface area contributed by atoms with Crippen LogP contribution in [0.5, 0.6) is 0 Å². The number of carbonyl (C=O) groups excluding carboxylic acids is 1. The number of hydrogen-bond acceptors (Lipinski definition) is 4. The number of carbonyl (C=O) groups is 3. The van der Waals surface area contributed by atoms with Gasteiger partial charge in [-0.05, 0) is 30.5 Å². The van der Waals surface area contributed by atoms with Crippen molar-refractivity contribution in [3.8, 4) is 0 Å². The fourth-order valence-corrected chi connectivity index (χ4v) is 2.37. The zero-order chi connectivity index (χ0) is 17.6. The van der Waals surface area contributed by atoms with Crippen molar-refractivity contribution >= 4 is 23.5 Å². The minimum Gasteiger partial charge on any atom is -0.479 e. The molecule has 0 bridgehead atoms. The van der Waals surface area contributed by atoms with Crippen LogP contribution in [0.15, 0.2) is 24.3 Å². The summed E-state index contributed by atoms with van der Waals surface area (Å²) in [7, 11) is 0. The number of carboxylic acids is 2. The Kier molecular flexibility index (Phi) is 6.12. The van der Waals surface area contributed by atoms with Gasteiger partial charge in [0, 0.05) is 18.0 Å². The summed E-state index contributed by atoms with van der Waals surface area (Å²) in [5.41, 5.74) is 4.02. The predicted molar refractivity (Wildman–Crippen MR) is 84.8 cm³/mol. The summed E-state index contributed by atoms with van der Waals surface area (Å²) in [4.78, 5) is 35.5. The first-order valence-electron chi connectivity index (χ1n) is 7.40. The summed E-state index contributed by atoms with van der Waals surface area (Å²) in [6, 6.07) is 6.27. The molecule has 0 spiro atoms. The Balaban J connectivity index is 3.19. The van der Waals surface area contributed by atoms with Gasteiger partial charge < -0.3 is 21.3 Å². The predicted octanol–water partition coefficient (Wildman–Crippen LogP) is 1.27. The lowest BCUT2D eigenvalue weighted by atomic mass is 9.89. The molecule has 0 heterocycles. The molecule has 1 amide bonds. The number of anilines is 1. The number of aliphatic carboxylic acids is 2. The van der Waals surface area contributed by atoms with E-state index in [0.717, 1.165) is 0 Å². The maximum absolute atomic E-state index is 12.2. The molecule has 1 aromatic carbocycles. The summed E-state index contributed by atoms with van der Waals surface area (Å²) in [5.74, 6) is -4.25. The fraction of sp³-hybridized carbons (Fsp3) is 0.438. The van der Waals surface area contributed by atoms with E-state index in [9.17, 15) is 24.6 Å². The van der Waals surface area contributed by atoms with Crippen molar-refractivity contribution < 1.29 is 24.6 Å². The molecule has 1 rings (SSSR count). The summed E-state index contributed by atoms with van der Waals surface area (Å²) in [6.45, 7) is 3.57. The average Bonchev–Trinajstić information content (AvgIpc) is 2.47. The van der Waals surface area contributed by atoms with Gasteiger partial charge in [-0.1, -0.05) is 26.0 Å². The Morgan fingerprint density at radius 2 is 1.74 bits per heavy atom. The molecule has 1 aromatic rings. The van der Waals surface area contributed by atoms with Crippen molar-refractivity contribution in [1.29, 1.82) is 0 Å². The Morgan fingerprint density at radius 1 is 1.17 bits per heavy atom. The highest BCUT2D eigenvalue weighted by atomic mass is 16.4. The third-order valence-corrected chi connectivity index (χ3v) is 3.84. The van der Waals surface area contributed by atoms with Crippen LogP contribution in [-0.4, -0.2) is 33.6 Å². The number of amides is 1. The Labute approximate surface area is 134 Å². The van der Waals surface area contributed by atoms with Crippen molar-refractivity contribution in [3.05, 3.63) is 29.8 Å². The van der Waals surface area contributed by atoms with E-state index in [4.69, 9.17) is 5.73 Å². The second kappa shape index (κ2) is 7.62. The van der Waals surface area contributed by atoms with Crippen LogP contribution in [0.1, 0.15) is 32.3 Å². The zero-order valence-corrected chi connectivity index (χ0v) is 13.2. The first kappa shape index (κ1) is 18.5. The minimum atomic E-state index is -2.42. The smallest absolute Gasteiger partial charge is 0.341 e. The van der Waals surface area contributed by atoms with Crippen LogP contribution < -0.4 is 11.1 Å². The highest BCUT2D eigenvalue weighted by molar-refractivity contribution is 6.06. The zero-order valence-electron chi connectivity index (χ0n) is 13.2. The number of rotatable bonds is 8. The second-order valence-electron chi connectivity index (χ2n) is 5.44. The molecule has 0 saturated carbocycles. The number of nitrogens with two attached hydrogens (primary N) is 1. The largest absolute Gasteiger partial charge is 0.479 e. The quantitative estimate of drug-likeness (QED) is 0.421. The molecule has 0 aliphatic rings. The van der Waals surface area contributed by atoms with Crippen LogP contribution in [0.3, 0.4) is 0 Å². The fourth-order valence-electron chi connectivity index (χ4n) is 2.37. The van der Waals surface area contributed by atoms with E-state index < -0.39 is 35.7 Å². The van der Waals surface area contributed by atoms with Crippen molar-refractivity contribution in [2.75, 3.05) is 5.73 Å². The molecule has 5 N–H and O–H groups in total. The van der Waals surface area contributed by atoms with Gasteiger partial charge in [-0.25, -0.2) is 9.59 Å². The highest BCUT2D eigenvalue weighted by Gasteiger charge is 2.48. The third kappa shape index (κ3) is 4.21. The van der Waals surface area contributed by atoms with E-state index in [0.29, 0.717) is 24.1 Å². The van der Waals surface area contributed by atoms with Gasteiger partial charge in [-0.2, -0.15) is 0 Å². The number of carboxylic acid groups (broad SMARTS) is 2. The molecule has 0 radical (unpaired) electrons. The van der Waals surface area contributed by atoms with E-state index in [1.165, 1.54) is 6.07 Å². The van der Waals surface area contributed by atoms with Crippen LogP contribution in [0, 0.1) is 5.92 Å². The molecule has 7 nitrogen and oxygen atoms in total. The monoisotopic (exact) mass is 322 g/mol. The minimum absolute atomic E-state index is 0.387. The molecule has 0 fully saturated rings. The molecule has 0 aliphatic heterocycles. The van der Waals surface area contributed by atoms with Gasteiger partial charge in [0.1, 0.15) is 0 Å². The van der Waals surface area contributed by atoms with Crippen LogP contribution >= 0.6 is 0 Å². The molecule has 0 aliphatic carbocycles. The van der Waals surface area contributed by atoms with Gasteiger partial charge >= 0.3 is 11.9 Å². The Bertz CT molecular complexity index is 582. The molecule has 0 saturated heterocycles. The van der Waals surface area contributed by atoms with Crippen molar-refractivity contribution in [1.82, 2.24) is 5.32 Å². The number of benzene rings is 1. The Morgan fingerprint density at radius 3 is 2.17 bits per heavy atom. The lowest BCUT2D eigenvalue weighted by molar-refractivity contribution is -0.161. The molecule has 126 valence electrons. The first-order chi connectivity index (χ1) is 10.8. The summed E-state index contributed by atoms with van der Waals surface area (Å²) >= 11 is 0. The standard InChI is InChI=1S/C16H22N2O5/c1-3-11(4-2)13(19)18-16(14(20)21,15(22)23)9-10-6-5-7-12(17)8-10/h5-8,11H,3-4,9,17H2,1-2H3,(H,18,19)(H,20,21)(H,22,23). The number of hydrogen-bond donors (Lipinski definition) is 4. The van der Waals surface area contributed by atoms with E-state index >= 15 is 0 Å². The lowest BCUT2D eigenvalue weighted by Crippen LogP contribution is -2.62. The third-order valence-electron chi connectivity index (χ3n) is 3.84. The van der Waals surface area contributed by atoms with E-state index in [2.05, 4.69) is 5.32 Å². The van der Waals surface area contributed by atoms with Gasteiger partial charge in [0.2, 0.25) is 11.4 Å². The first-order valence-corrected chi connectivity index (χ1v) is 7.40. The summed E-state index contributed by atoms with van der Waals surface area (Å²) < 4.78 is 0. The lowest BCUT2D eigenvalue weighted by Gasteiger charge is -2.28. The van der Waals surface area contributed by atoms with Crippen LogP contribution in [0.25, 0.3) is 0 Å². The molecule has 0 atom stereocenters. The van der Waals surface area contributed by atoms with Crippen molar-refractivity contribution in [3.63, 3.8) is 0 Å². The highest BCUT2D eigenvalue weighted by Crippen LogP contribution is 2.19. The number of nitrogens with one attached hydrogen (secondary N) is 1. The molecular weight excluding hydrogens is 300 g/mol. The Hall–Kier alpha value is -2.57. The topological polar surface area (TPSA) is 130 Å². The van der Waals surface area contributed by atoms with E-state index in [1.807, 2.05) is 0 Å². The summed E-state index contributed by atoms with van der Waals surface area (Å²) in [6.07, 6.45) is 0.598. The maximum atomic E-state index is 12.2. The van der Waals surface area contributed by atoms with Gasteiger partial charge in [-0.15, -0.1) is 0 Å². The van der Waals surface area contributed by atoms with Gasteiger partial charge in [0.15, 0.2) is 0 Å². The molecule has 0 aromatic heterocycles. The second-order valence-corrected chi connectivity index (χ2v) is 5.44. The molecule has 23 heavy (non-hydrogen) atoms. The summed E-state index contributed by atoms with van der Waals surface area (Å²) in [5, 5.41) is 21.2.